The summed E-state index contributed by atoms with van der Waals surface area (Å²) in [6.07, 6.45) is 2.36. The van der Waals surface area contributed by atoms with Crippen molar-refractivity contribution in [3.05, 3.63) is 54.0 Å². The third-order valence-electron chi connectivity index (χ3n) is 5.01. The summed E-state index contributed by atoms with van der Waals surface area (Å²) in [5.41, 5.74) is 1.71. The number of anilines is 1. The molecule has 0 radical (unpaired) electrons. The number of aromatic nitrogens is 4. The Morgan fingerprint density at radius 3 is 2.80 bits per heavy atom. The average Bonchev–Trinajstić information content (AvgIpc) is 3.25. The molecule has 6 heteroatoms. The Morgan fingerprint density at radius 1 is 1.16 bits per heavy atom. The van der Waals surface area contributed by atoms with Crippen LogP contribution < -0.4 is 4.90 Å². The average molecular weight is 333 g/mol. The van der Waals surface area contributed by atoms with Gasteiger partial charge in [-0.3, -0.25) is 0 Å². The van der Waals surface area contributed by atoms with Gasteiger partial charge in [0.25, 0.3) is 0 Å². The van der Waals surface area contributed by atoms with E-state index >= 15 is 0 Å². The summed E-state index contributed by atoms with van der Waals surface area (Å²) < 4.78 is 7.90. The Balaban J connectivity index is 1.50. The van der Waals surface area contributed by atoms with Gasteiger partial charge >= 0.3 is 0 Å². The van der Waals surface area contributed by atoms with E-state index in [-0.39, 0.29) is 6.04 Å². The van der Waals surface area contributed by atoms with E-state index in [1.807, 2.05) is 41.9 Å². The predicted molar refractivity (Wildman–Crippen MR) is 95.8 cm³/mol. The summed E-state index contributed by atoms with van der Waals surface area (Å²) in [7, 11) is 2.03. The molecular weight excluding hydrogens is 314 g/mol. The molecule has 3 aromatic heterocycles. The molecule has 0 spiro atoms. The monoisotopic (exact) mass is 333 g/mol. The lowest BCUT2D eigenvalue weighted by molar-refractivity contribution is 0.499. The standard InChI is InChI=1S/C19H19N5O/c1-12(16-11-14-5-3-4-6-15(14)25-16)23(2)18-10-9-17-20-21-19(13-7-8-13)24(17)22-18/h3-6,9-13H,7-8H2,1-2H3. The zero-order valence-corrected chi connectivity index (χ0v) is 14.3. The maximum atomic E-state index is 6.02. The lowest BCUT2D eigenvalue weighted by Gasteiger charge is -2.24. The summed E-state index contributed by atoms with van der Waals surface area (Å²) in [4.78, 5) is 2.12. The lowest BCUT2D eigenvalue weighted by Crippen LogP contribution is -2.23. The molecule has 1 saturated carbocycles. The van der Waals surface area contributed by atoms with E-state index in [0.717, 1.165) is 34.0 Å². The van der Waals surface area contributed by atoms with Crippen molar-refractivity contribution in [1.29, 1.82) is 0 Å². The van der Waals surface area contributed by atoms with Crippen molar-refractivity contribution in [3.63, 3.8) is 0 Å². The molecule has 6 nitrogen and oxygen atoms in total. The third kappa shape index (κ3) is 2.36. The van der Waals surface area contributed by atoms with Gasteiger partial charge in [-0.1, -0.05) is 18.2 Å². The fourth-order valence-corrected chi connectivity index (χ4v) is 3.18. The maximum Gasteiger partial charge on any atom is 0.178 e. The summed E-state index contributed by atoms with van der Waals surface area (Å²) in [5, 5.41) is 14.4. The van der Waals surface area contributed by atoms with Crippen LogP contribution in [0.25, 0.3) is 16.6 Å². The van der Waals surface area contributed by atoms with Crippen molar-refractivity contribution in [2.75, 3.05) is 11.9 Å². The van der Waals surface area contributed by atoms with Gasteiger partial charge in [0, 0.05) is 18.4 Å². The van der Waals surface area contributed by atoms with E-state index in [2.05, 4.69) is 34.2 Å². The van der Waals surface area contributed by atoms with Crippen LogP contribution in [0.3, 0.4) is 0 Å². The quantitative estimate of drug-likeness (QED) is 0.566. The van der Waals surface area contributed by atoms with Crippen LogP contribution in [0.15, 0.2) is 46.9 Å². The number of nitrogens with zero attached hydrogens (tertiary/aromatic N) is 5. The van der Waals surface area contributed by atoms with Crippen LogP contribution in [0.1, 0.15) is 43.3 Å². The Kier molecular flexibility index (Phi) is 3.07. The van der Waals surface area contributed by atoms with Crippen LogP contribution in [-0.2, 0) is 0 Å². The van der Waals surface area contributed by atoms with Crippen molar-refractivity contribution in [3.8, 4) is 0 Å². The fraction of sp³-hybridized carbons (Fsp3) is 0.316. The van der Waals surface area contributed by atoms with Crippen LogP contribution in [0.5, 0.6) is 0 Å². The number of rotatable bonds is 4. The van der Waals surface area contributed by atoms with Gasteiger partial charge in [-0.15, -0.1) is 15.3 Å². The molecule has 0 aliphatic heterocycles. The van der Waals surface area contributed by atoms with Gasteiger partial charge in [-0.25, -0.2) is 0 Å². The molecule has 3 heterocycles. The van der Waals surface area contributed by atoms with E-state index in [1.165, 1.54) is 12.8 Å². The number of fused-ring (bicyclic) bond motifs is 2. The molecule has 1 aliphatic rings. The van der Waals surface area contributed by atoms with Crippen molar-refractivity contribution in [2.45, 2.75) is 31.7 Å². The molecule has 0 N–H and O–H groups in total. The normalized spacial score (nSPS) is 15.8. The molecule has 0 amide bonds. The second-order valence-electron chi connectivity index (χ2n) is 6.77. The van der Waals surface area contributed by atoms with E-state index in [4.69, 9.17) is 9.52 Å². The number of hydrogen-bond donors (Lipinski definition) is 0. The van der Waals surface area contributed by atoms with Crippen molar-refractivity contribution in [1.82, 2.24) is 19.8 Å². The molecular formula is C19H19N5O. The Bertz CT molecular complexity index is 1030. The number of para-hydroxylation sites is 1. The van der Waals surface area contributed by atoms with E-state index in [1.54, 1.807) is 0 Å². The van der Waals surface area contributed by atoms with Crippen LogP contribution in [-0.4, -0.2) is 26.9 Å². The molecule has 1 fully saturated rings. The molecule has 1 unspecified atom stereocenters. The lowest BCUT2D eigenvalue weighted by atomic mass is 10.2. The molecule has 126 valence electrons. The van der Waals surface area contributed by atoms with E-state index in [0.29, 0.717) is 5.92 Å². The van der Waals surface area contributed by atoms with Gasteiger partial charge in [-0.05, 0) is 44.0 Å². The molecule has 4 aromatic rings. The number of benzene rings is 1. The zero-order valence-electron chi connectivity index (χ0n) is 14.3. The van der Waals surface area contributed by atoms with Crippen molar-refractivity contribution >= 4 is 22.4 Å². The first kappa shape index (κ1) is 14.5. The topological polar surface area (TPSA) is 59.5 Å². The van der Waals surface area contributed by atoms with Crippen molar-refractivity contribution < 1.29 is 4.42 Å². The second-order valence-corrected chi connectivity index (χ2v) is 6.77. The molecule has 1 atom stereocenters. The molecule has 25 heavy (non-hydrogen) atoms. The summed E-state index contributed by atoms with van der Waals surface area (Å²) in [5.74, 6) is 3.29. The van der Waals surface area contributed by atoms with Gasteiger partial charge in [0.2, 0.25) is 0 Å². The molecule has 5 rings (SSSR count). The SMILES string of the molecule is CC(c1cc2ccccc2o1)N(C)c1ccc2nnc(C3CC3)n2n1. The fourth-order valence-electron chi connectivity index (χ4n) is 3.18. The first-order valence-corrected chi connectivity index (χ1v) is 8.64. The Morgan fingerprint density at radius 2 is 2.00 bits per heavy atom. The van der Waals surface area contributed by atoms with E-state index in [9.17, 15) is 0 Å². The molecule has 0 bridgehead atoms. The smallest absolute Gasteiger partial charge is 0.178 e. The Labute approximate surface area is 145 Å². The minimum atomic E-state index is 0.0678. The summed E-state index contributed by atoms with van der Waals surface area (Å²) >= 11 is 0. The molecule has 0 saturated heterocycles. The predicted octanol–water partition coefficient (Wildman–Crippen LogP) is 3.95. The van der Waals surface area contributed by atoms with Crippen molar-refractivity contribution in [2.24, 2.45) is 0 Å². The zero-order chi connectivity index (χ0) is 17.0. The van der Waals surface area contributed by atoms with Gasteiger partial charge in [-0.2, -0.15) is 4.52 Å². The van der Waals surface area contributed by atoms with Crippen LogP contribution >= 0.6 is 0 Å². The van der Waals surface area contributed by atoms with Crippen LogP contribution in [0.4, 0.5) is 5.82 Å². The van der Waals surface area contributed by atoms with Gasteiger partial charge in [0.15, 0.2) is 11.5 Å². The first-order chi connectivity index (χ1) is 12.2. The second kappa shape index (κ2) is 5.31. The number of hydrogen-bond acceptors (Lipinski definition) is 5. The Hall–Kier alpha value is -2.89. The van der Waals surface area contributed by atoms with Crippen LogP contribution in [0.2, 0.25) is 0 Å². The highest BCUT2D eigenvalue weighted by Crippen LogP contribution is 2.39. The van der Waals surface area contributed by atoms with Gasteiger partial charge < -0.3 is 9.32 Å². The van der Waals surface area contributed by atoms with Crippen LogP contribution in [0, 0.1) is 0 Å². The minimum Gasteiger partial charge on any atom is -0.459 e. The summed E-state index contributed by atoms with van der Waals surface area (Å²) in [6, 6.07) is 14.2. The highest BCUT2D eigenvalue weighted by Gasteiger charge is 2.29. The maximum absolute atomic E-state index is 6.02. The first-order valence-electron chi connectivity index (χ1n) is 8.64. The summed E-state index contributed by atoms with van der Waals surface area (Å²) in [6.45, 7) is 2.12. The molecule has 1 aromatic carbocycles. The van der Waals surface area contributed by atoms with Gasteiger partial charge in [0.05, 0.1) is 6.04 Å². The number of furan rings is 1. The minimum absolute atomic E-state index is 0.0678. The highest BCUT2D eigenvalue weighted by molar-refractivity contribution is 5.77. The van der Waals surface area contributed by atoms with Gasteiger partial charge in [0.1, 0.15) is 17.2 Å². The largest absolute Gasteiger partial charge is 0.459 e. The third-order valence-corrected chi connectivity index (χ3v) is 5.01. The molecule has 1 aliphatic carbocycles. The highest BCUT2D eigenvalue weighted by atomic mass is 16.3. The van der Waals surface area contributed by atoms with E-state index < -0.39 is 0 Å².